The molecule has 0 aliphatic carbocycles. The second kappa shape index (κ2) is 9.65. The van der Waals surface area contributed by atoms with Crippen molar-refractivity contribution in [1.82, 2.24) is 0 Å². The molecule has 6 nitrogen and oxygen atoms in total. The molecule has 1 rings (SSSR count). The van der Waals surface area contributed by atoms with E-state index in [-0.39, 0.29) is 11.3 Å². The Morgan fingerprint density at radius 1 is 1.18 bits per heavy atom. The minimum Gasteiger partial charge on any atom is -0.872 e. The molecule has 0 radical (unpaired) electrons. The Morgan fingerprint density at radius 3 is 2.50 bits per heavy atom. The second-order valence-corrected chi connectivity index (χ2v) is 5.04. The highest BCUT2D eigenvalue weighted by molar-refractivity contribution is 5.92. The summed E-state index contributed by atoms with van der Waals surface area (Å²) in [5.41, 5.74) is -0.103. The van der Waals surface area contributed by atoms with Gasteiger partial charge >= 0.3 is 12.1 Å². The molecule has 0 fully saturated rings. The van der Waals surface area contributed by atoms with Gasteiger partial charge in [-0.3, -0.25) is 5.32 Å². The Labute approximate surface area is 130 Å². The van der Waals surface area contributed by atoms with E-state index in [4.69, 9.17) is 9.84 Å². The van der Waals surface area contributed by atoms with Crippen LogP contribution in [0.5, 0.6) is 5.75 Å². The number of carboxylic acids is 1. The fourth-order valence-corrected chi connectivity index (χ4v) is 1.98. The first kappa shape index (κ1) is 17.8. The van der Waals surface area contributed by atoms with Crippen molar-refractivity contribution in [3.63, 3.8) is 0 Å². The molecule has 2 N–H and O–H groups in total. The van der Waals surface area contributed by atoms with Crippen LogP contribution in [0.4, 0.5) is 10.5 Å². The quantitative estimate of drug-likeness (QED) is 0.681. The highest BCUT2D eigenvalue weighted by Crippen LogP contribution is 2.19. The molecule has 1 aromatic rings. The van der Waals surface area contributed by atoms with Crippen molar-refractivity contribution in [3.8, 4) is 5.75 Å². The van der Waals surface area contributed by atoms with Crippen molar-refractivity contribution < 1.29 is 24.5 Å². The van der Waals surface area contributed by atoms with Gasteiger partial charge in [0.2, 0.25) is 0 Å². The lowest BCUT2D eigenvalue weighted by molar-refractivity contribution is -0.268. The maximum atomic E-state index is 11.5. The summed E-state index contributed by atoms with van der Waals surface area (Å²) in [5, 5.41) is 22.6. The molecule has 0 heterocycles. The van der Waals surface area contributed by atoms with Gasteiger partial charge in [-0.05, 0) is 24.6 Å². The highest BCUT2D eigenvalue weighted by atomic mass is 16.5. The molecule has 0 atom stereocenters. The van der Waals surface area contributed by atoms with E-state index < -0.39 is 17.8 Å². The highest BCUT2D eigenvalue weighted by Gasteiger charge is 2.07. The van der Waals surface area contributed by atoms with Crippen LogP contribution in [0.15, 0.2) is 18.2 Å². The predicted molar refractivity (Wildman–Crippen MR) is 81.2 cm³/mol. The summed E-state index contributed by atoms with van der Waals surface area (Å²) in [6.45, 7) is 2.49. The Bertz CT molecular complexity index is 501. The van der Waals surface area contributed by atoms with Crippen molar-refractivity contribution in [2.75, 3.05) is 11.9 Å². The monoisotopic (exact) mass is 308 g/mol. The maximum Gasteiger partial charge on any atom is 0.411 e. The fourth-order valence-electron chi connectivity index (χ4n) is 1.98. The average Bonchev–Trinajstić information content (AvgIpc) is 2.46. The van der Waals surface area contributed by atoms with Gasteiger partial charge < -0.3 is 14.9 Å². The van der Waals surface area contributed by atoms with Crippen molar-refractivity contribution in [3.05, 3.63) is 23.8 Å². The van der Waals surface area contributed by atoms with Gasteiger partial charge in [0.1, 0.15) is 0 Å². The number of hydrogen-bond acceptors (Lipinski definition) is 4. The average molecular weight is 308 g/mol. The van der Waals surface area contributed by atoms with Crippen LogP contribution in [0.25, 0.3) is 0 Å². The van der Waals surface area contributed by atoms with Gasteiger partial charge in [0.05, 0.1) is 12.2 Å². The lowest BCUT2D eigenvalue weighted by atomic mass is 10.1. The smallest absolute Gasteiger partial charge is 0.411 e. The van der Waals surface area contributed by atoms with Gasteiger partial charge in [0, 0.05) is 5.69 Å². The molecule has 1 aromatic carbocycles. The number of carboxylic acid groups (broad SMARTS) is 1. The lowest BCUT2D eigenvalue weighted by Gasteiger charge is -2.13. The van der Waals surface area contributed by atoms with Gasteiger partial charge in [-0.1, -0.05) is 44.8 Å². The summed E-state index contributed by atoms with van der Waals surface area (Å²) < 4.78 is 5.00. The maximum absolute atomic E-state index is 11.5. The number of anilines is 1. The third-order valence-corrected chi connectivity index (χ3v) is 3.19. The zero-order chi connectivity index (χ0) is 16.4. The Hall–Kier alpha value is -2.24. The number of benzene rings is 1. The zero-order valence-electron chi connectivity index (χ0n) is 12.8. The summed E-state index contributed by atoms with van der Waals surface area (Å²) in [7, 11) is 0. The summed E-state index contributed by atoms with van der Waals surface area (Å²) >= 11 is 0. The van der Waals surface area contributed by atoms with E-state index in [1.165, 1.54) is 25.3 Å². The number of carbonyl (C=O) groups excluding carboxylic acids is 1. The van der Waals surface area contributed by atoms with Crippen LogP contribution in [0.1, 0.15) is 55.8 Å². The molecule has 0 bridgehead atoms. The summed E-state index contributed by atoms with van der Waals surface area (Å²) in [5.74, 6) is -1.94. The normalized spacial score (nSPS) is 10.2. The fraction of sp³-hybridized carbons (Fsp3) is 0.500. The van der Waals surface area contributed by atoms with Crippen molar-refractivity contribution in [2.24, 2.45) is 0 Å². The largest absolute Gasteiger partial charge is 0.872 e. The number of hydrogen-bond donors (Lipinski definition) is 2. The van der Waals surface area contributed by atoms with Crippen molar-refractivity contribution >= 4 is 17.7 Å². The van der Waals surface area contributed by atoms with Crippen LogP contribution in [0, 0.1) is 0 Å². The van der Waals surface area contributed by atoms with Crippen molar-refractivity contribution in [1.29, 1.82) is 0 Å². The van der Waals surface area contributed by atoms with Crippen LogP contribution in [0.3, 0.4) is 0 Å². The minimum atomic E-state index is -1.29. The molecule has 122 valence electrons. The molecule has 1 amide bonds. The van der Waals surface area contributed by atoms with E-state index >= 15 is 0 Å². The van der Waals surface area contributed by atoms with Crippen LogP contribution >= 0.6 is 0 Å². The molecular formula is C16H22NO5-. The van der Waals surface area contributed by atoms with Crippen LogP contribution in [0.2, 0.25) is 0 Å². The van der Waals surface area contributed by atoms with Crippen molar-refractivity contribution in [2.45, 2.75) is 45.4 Å². The number of unbranched alkanes of at least 4 members (excludes halogenated alkanes) is 5. The molecule has 0 aliphatic rings. The lowest BCUT2D eigenvalue weighted by Crippen LogP contribution is -2.15. The van der Waals surface area contributed by atoms with Gasteiger partial charge in [-0.2, -0.15) is 0 Å². The molecule has 0 saturated carbocycles. The van der Waals surface area contributed by atoms with Crippen LogP contribution < -0.4 is 10.4 Å². The summed E-state index contributed by atoms with van der Waals surface area (Å²) in [6, 6.07) is 3.58. The number of ether oxygens (including phenoxy) is 1. The topological polar surface area (TPSA) is 98.7 Å². The Kier molecular flexibility index (Phi) is 7.81. The number of rotatable bonds is 9. The molecule has 22 heavy (non-hydrogen) atoms. The minimum absolute atomic E-state index is 0.225. The molecule has 0 spiro atoms. The Morgan fingerprint density at radius 2 is 1.86 bits per heavy atom. The summed E-state index contributed by atoms with van der Waals surface area (Å²) in [4.78, 5) is 22.2. The molecule has 0 aliphatic heterocycles. The van der Waals surface area contributed by atoms with E-state index in [0.29, 0.717) is 6.61 Å². The first-order valence-electron chi connectivity index (χ1n) is 7.52. The number of carbonyl (C=O) groups is 2. The van der Waals surface area contributed by atoms with Gasteiger partial charge in [0.15, 0.2) is 0 Å². The molecule has 0 aromatic heterocycles. The van der Waals surface area contributed by atoms with E-state index in [1.54, 1.807) is 0 Å². The number of amides is 1. The van der Waals surface area contributed by atoms with Gasteiger partial charge in [0.25, 0.3) is 0 Å². The first-order valence-corrected chi connectivity index (χ1v) is 7.52. The van der Waals surface area contributed by atoms with E-state index in [9.17, 15) is 14.7 Å². The Balaban J connectivity index is 2.28. The van der Waals surface area contributed by atoms with Gasteiger partial charge in [-0.15, -0.1) is 0 Å². The third-order valence-electron chi connectivity index (χ3n) is 3.19. The van der Waals surface area contributed by atoms with E-state index in [2.05, 4.69) is 12.2 Å². The molecule has 6 heteroatoms. The second-order valence-electron chi connectivity index (χ2n) is 5.04. The summed E-state index contributed by atoms with van der Waals surface area (Å²) in [6.07, 6.45) is 5.94. The predicted octanol–water partition coefficient (Wildman–Crippen LogP) is 3.37. The third kappa shape index (κ3) is 6.47. The van der Waals surface area contributed by atoms with E-state index in [0.717, 1.165) is 31.4 Å². The zero-order valence-corrected chi connectivity index (χ0v) is 12.8. The first-order chi connectivity index (χ1) is 10.5. The van der Waals surface area contributed by atoms with Crippen LogP contribution in [-0.4, -0.2) is 23.8 Å². The van der Waals surface area contributed by atoms with Crippen LogP contribution in [-0.2, 0) is 4.74 Å². The molecular weight excluding hydrogens is 286 g/mol. The standard InChI is InChI=1S/C16H23NO5/c1-2-3-4-5-6-7-10-22-16(21)17-12-8-9-13(15(19)20)14(18)11-12/h8-9,11,18H,2-7,10H2,1H3,(H,17,21)(H,19,20)/p-1. The number of nitrogens with one attached hydrogen (secondary N) is 1. The SMILES string of the molecule is CCCCCCCCOC(=O)Nc1ccc(C(=O)O)c([O-])c1. The van der Waals surface area contributed by atoms with Gasteiger partial charge in [-0.25, -0.2) is 9.59 Å². The molecule has 0 unspecified atom stereocenters. The van der Waals surface area contributed by atoms with E-state index in [1.807, 2.05) is 0 Å². The molecule has 0 saturated heterocycles. The number of aromatic carboxylic acids is 1.